The Hall–Kier alpha value is -1.96. The normalized spacial score (nSPS) is 13.3. The topological polar surface area (TPSA) is 193 Å². The Labute approximate surface area is 105 Å². The van der Waals surface area contributed by atoms with Gasteiger partial charge >= 0.3 is 12.0 Å². The molecule has 0 heterocycles. The maximum Gasteiger partial charge on any atom is 0.551 e. The zero-order valence-corrected chi connectivity index (χ0v) is 9.49. The lowest BCUT2D eigenvalue weighted by Crippen LogP contribution is -2.68. The van der Waals surface area contributed by atoms with Gasteiger partial charge in [0.25, 0.3) is 0 Å². The molecule has 1 atom stereocenters. The zero-order chi connectivity index (χ0) is 15.2. The fourth-order valence-corrected chi connectivity index (χ4v) is 1.44. The third-order valence-electron chi connectivity index (χ3n) is 2.36. The summed E-state index contributed by atoms with van der Waals surface area (Å²) in [5.74, 6) is -3.41. The second kappa shape index (κ2) is 6.83. The van der Waals surface area contributed by atoms with Gasteiger partial charge in [-0.05, 0) is 0 Å². The van der Waals surface area contributed by atoms with Gasteiger partial charge in [0.15, 0.2) is 0 Å². The summed E-state index contributed by atoms with van der Waals surface area (Å²) in [5, 5.41) is 58.8. The van der Waals surface area contributed by atoms with Crippen LogP contribution in [0.25, 0.3) is 0 Å². The summed E-state index contributed by atoms with van der Waals surface area (Å²) in [6, 6.07) is 0. The summed E-state index contributed by atoms with van der Waals surface area (Å²) in [6.45, 7) is -4.67. The van der Waals surface area contributed by atoms with Crippen LogP contribution in [0.4, 0.5) is 0 Å². The Morgan fingerprint density at radius 3 is 1.74 bits per heavy atom. The molecule has 3 N–H and O–H groups in total. The van der Waals surface area contributed by atoms with Crippen LogP contribution in [0, 0.1) is 30.3 Å². The molecule has 0 saturated heterocycles. The molecule has 0 spiro atoms. The molecule has 110 valence electrons. The average molecular weight is 284 g/mol. The van der Waals surface area contributed by atoms with Crippen molar-refractivity contribution in [1.82, 2.24) is 4.90 Å². The van der Waals surface area contributed by atoms with Crippen LogP contribution in [-0.2, 0) is 0 Å². The lowest BCUT2D eigenvalue weighted by atomic mass is 10.2. The number of hydrogen-bond donors (Lipinski definition) is 3. The van der Waals surface area contributed by atoms with Gasteiger partial charge in [-0.25, -0.2) is 0 Å². The highest BCUT2D eigenvalue weighted by molar-refractivity contribution is 4.73. The molecule has 13 nitrogen and oxygen atoms in total. The van der Waals surface area contributed by atoms with Gasteiger partial charge in [0.05, 0.1) is 6.61 Å². The van der Waals surface area contributed by atoms with Crippen LogP contribution in [0.5, 0.6) is 0 Å². The van der Waals surface area contributed by atoms with E-state index in [0.717, 1.165) is 0 Å². The van der Waals surface area contributed by atoms with E-state index in [4.69, 9.17) is 15.3 Å². The number of nitrogens with zero attached hydrogens (tertiary/aromatic N) is 4. The fraction of sp³-hybridized carbons (Fsp3) is 1.00. The SMILES string of the molecule is O=[N+]([O-])C(CO)N(CCO)C(CO)([N+](=O)[O-])[N+](=O)[O-]. The molecule has 0 aromatic carbocycles. The number of nitro groups is 3. The van der Waals surface area contributed by atoms with E-state index in [9.17, 15) is 30.3 Å². The minimum Gasteiger partial charge on any atom is -0.395 e. The molecular formula is C6H12N4O9. The van der Waals surface area contributed by atoms with Crippen LogP contribution in [-0.4, -0.2) is 73.3 Å². The second-order valence-electron chi connectivity index (χ2n) is 3.31. The van der Waals surface area contributed by atoms with Crippen molar-refractivity contribution >= 4 is 0 Å². The average Bonchev–Trinajstić information content (AvgIpc) is 2.30. The van der Waals surface area contributed by atoms with Gasteiger partial charge in [-0.2, -0.15) is 0 Å². The number of aliphatic hydroxyl groups is 3. The molecule has 0 fully saturated rings. The summed E-state index contributed by atoms with van der Waals surface area (Å²) in [6.07, 6.45) is -2.21. The maximum absolute atomic E-state index is 10.8. The van der Waals surface area contributed by atoms with Crippen molar-refractivity contribution in [3.63, 3.8) is 0 Å². The summed E-state index contributed by atoms with van der Waals surface area (Å²) >= 11 is 0. The first-order chi connectivity index (χ1) is 8.79. The van der Waals surface area contributed by atoms with Gasteiger partial charge in [-0.15, -0.1) is 4.90 Å². The van der Waals surface area contributed by atoms with E-state index in [0.29, 0.717) is 0 Å². The van der Waals surface area contributed by atoms with Crippen LogP contribution in [0.3, 0.4) is 0 Å². The Morgan fingerprint density at radius 1 is 1.05 bits per heavy atom. The molecule has 0 amide bonds. The highest BCUT2D eigenvalue weighted by Gasteiger charge is 2.66. The van der Waals surface area contributed by atoms with Crippen LogP contribution < -0.4 is 0 Å². The van der Waals surface area contributed by atoms with Gasteiger partial charge < -0.3 is 15.3 Å². The lowest BCUT2D eigenvalue weighted by molar-refractivity contribution is -0.838. The third kappa shape index (κ3) is 3.08. The van der Waals surface area contributed by atoms with Gasteiger partial charge in [-0.3, -0.25) is 30.3 Å². The predicted octanol–water partition coefficient (Wildman–Crippen LogP) is -2.92. The van der Waals surface area contributed by atoms with Crippen LogP contribution in [0.1, 0.15) is 0 Å². The largest absolute Gasteiger partial charge is 0.551 e. The Kier molecular flexibility index (Phi) is 6.13. The van der Waals surface area contributed by atoms with E-state index in [1.54, 1.807) is 0 Å². The zero-order valence-electron chi connectivity index (χ0n) is 9.49. The van der Waals surface area contributed by atoms with Crippen LogP contribution in [0.2, 0.25) is 0 Å². The molecule has 0 aromatic heterocycles. The lowest BCUT2D eigenvalue weighted by Gasteiger charge is -2.28. The fourth-order valence-electron chi connectivity index (χ4n) is 1.44. The van der Waals surface area contributed by atoms with E-state index in [1.165, 1.54) is 0 Å². The van der Waals surface area contributed by atoms with Crippen LogP contribution >= 0.6 is 0 Å². The van der Waals surface area contributed by atoms with Crippen LogP contribution in [0.15, 0.2) is 0 Å². The van der Waals surface area contributed by atoms with Crippen molar-refractivity contribution in [3.8, 4) is 0 Å². The third-order valence-corrected chi connectivity index (χ3v) is 2.36. The first-order valence-electron chi connectivity index (χ1n) is 4.81. The van der Waals surface area contributed by atoms with Crippen molar-refractivity contribution in [1.29, 1.82) is 0 Å². The maximum atomic E-state index is 10.8. The summed E-state index contributed by atoms with van der Waals surface area (Å²) < 4.78 is 0. The number of rotatable bonds is 9. The Balaban J connectivity index is 5.83. The quantitative estimate of drug-likeness (QED) is 0.224. The molecule has 0 aromatic rings. The molecule has 0 aliphatic carbocycles. The van der Waals surface area contributed by atoms with Crippen molar-refractivity contribution in [2.45, 2.75) is 12.0 Å². The van der Waals surface area contributed by atoms with Crippen molar-refractivity contribution < 1.29 is 30.1 Å². The molecule has 0 aliphatic heterocycles. The monoisotopic (exact) mass is 284 g/mol. The number of hydrogen-bond acceptors (Lipinski definition) is 10. The number of aliphatic hydroxyl groups excluding tert-OH is 3. The molecule has 0 aliphatic rings. The van der Waals surface area contributed by atoms with Gasteiger partial charge in [0, 0.05) is 11.5 Å². The minimum atomic E-state index is -3.41. The molecule has 0 rings (SSSR count). The second-order valence-corrected chi connectivity index (χ2v) is 3.31. The van der Waals surface area contributed by atoms with Gasteiger partial charge in [0.2, 0.25) is 6.61 Å². The summed E-state index contributed by atoms with van der Waals surface area (Å²) in [7, 11) is 0. The van der Waals surface area contributed by atoms with Gasteiger partial charge in [0.1, 0.15) is 16.5 Å². The highest BCUT2D eigenvalue weighted by Crippen LogP contribution is 2.20. The van der Waals surface area contributed by atoms with Gasteiger partial charge in [-0.1, -0.05) is 0 Å². The Bertz CT molecular complexity index is 347. The van der Waals surface area contributed by atoms with Crippen molar-refractivity contribution in [2.75, 3.05) is 26.4 Å². The summed E-state index contributed by atoms with van der Waals surface area (Å²) in [4.78, 5) is 28.1. The van der Waals surface area contributed by atoms with Crippen molar-refractivity contribution in [3.05, 3.63) is 30.3 Å². The van der Waals surface area contributed by atoms with Crippen molar-refractivity contribution in [2.24, 2.45) is 0 Å². The highest BCUT2D eigenvalue weighted by atomic mass is 16.7. The van der Waals surface area contributed by atoms with E-state index < -0.39 is 53.1 Å². The molecule has 19 heavy (non-hydrogen) atoms. The molecule has 13 heteroatoms. The summed E-state index contributed by atoms with van der Waals surface area (Å²) in [5.41, 5.74) is 0. The van der Waals surface area contributed by atoms with E-state index >= 15 is 0 Å². The first kappa shape index (κ1) is 17.0. The minimum absolute atomic E-state index is 0.0208. The first-order valence-corrected chi connectivity index (χ1v) is 4.81. The molecular weight excluding hydrogens is 272 g/mol. The van der Waals surface area contributed by atoms with E-state index in [2.05, 4.69) is 0 Å². The molecule has 0 saturated carbocycles. The molecule has 0 radical (unpaired) electrons. The van der Waals surface area contributed by atoms with E-state index in [-0.39, 0.29) is 4.90 Å². The smallest absolute Gasteiger partial charge is 0.395 e. The standard InChI is InChI=1S/C6H12N4O9/c11-2-1-7(5(3-12)8(14)15)6(4-13,9(16)17)10(18)19/h5,11-13H,1-4H2. The Morgan fingerprint density at radius 2 is 1.53 bits per heavy atom. The molecule has 1 unspecified atom stereocenters. The van der Waals surface area contributed by atoms with E-state index in [1.807, 2.05) is 0 Å². The molecule has 0 bridgehead atoms. The predicted molar refractivity (Wildman–Crippen MR) is 55.5 cm³/mol.